The van der Waals surface area contributed by atoms with Crippen LogP contribution in [-0.2, 0) is 23.5 Å². The molecule has 0 unspecified atom stereocenters. The zero-order valence-electron chi connectivity index (χ0n) is 22.7. The lowest BCUT2D eigenvalue weighted by atomic mass is 9.89. The number of amides is 4. The number of piperidine rings is 1. The maximum Gasteiger partial charge on any atom is 0.416 e. The van der Waals surface area contributed by atoms with Gasteiger partial charge in [0.2, 0.25) is 0 Å². The van der Waals surface area contributed by atoms with E-state index in [2.05, 4.69) is 10.6 Å². The molecule has 0 bridgehead atoms. The Kier molecular flexibility index (Phi) is 9.53. The summed E-state index contributed by atoms with van der Waals surface area (Å²) in [6.07, 6.45) is -9.49. The molecule has 4 rings (SSSR count). The number of ether oxygens (including phenoxy) is 1. The highest BCUT2D eigenvalue weighted by molar-refractivity contribution is 5.76. The molecule has 0 aromatic heterocycles. The van der Waals surface area contributed by atoms with Crippen LogP contribution < -0.4 is 10.6 Å². The van der Waals surface area contributed by atoms with Gasteiger partial charge in [0.25, 0.3) is 0 Å². The highest BCUT2D eigenvalue weighted by Gasteiger charge is 2.37. The Morgan fingerprint density at radius 1 is 0.929 bits per heavy atom. The fourth-order valence-electron chi connectivity index (χ4n) is 5.26. The number of nitrogens with zero attached hydrogens (tertiary/aromatic N) is 2. The Morgan fingerprint density at radius 3 is 2.17 bits per heavy atom. The molecule has 2 aromatic rings. The van der Waals surface area contributed by atoms with E-state index in [0.29, 0.717) is 62.4 Å². The predicted octanol–water partition coefficient (Wildman–Crippen LogP) is 5.67. The number of alkyl halides is 6. The lowest BCUT2D eigenvalue weighted by molar-refractivity contribution is -0.143. The summed E-state index contributed by atoms with van der Waals surface area (Å²) in [5.41, 5.74) is -1.84. The first kappa shape index (κ1) is 31.4. The minimum Gasteiger partial charge on any atom is -0.378 e. The number of hydrogen-bond donors (Lipinski definition) is 2. The number of urea groups is 2. The second-order valence-corrected chi connectivity index (χ2v) is 10.4. The van der Waals surface area contributed by atoms with Crippen molar-refractivity contribution in [1.29, 1.82) is 0 Å². The summed E-state index contributed by atoms with van der Waals surface area (Å²) in [5.74, 6) is -0.459. The van der Waals surface area contributed by atoms with Gasteiger partial charge in [0, 0.05) is 32.2 Å². The molecule has 2 saturated heterocycles. The van der Waals surface area contributed by atoms with Crippen molar-refractivity contribution in [3.63, 3.8) is 0 Å². The van der Waals surface area contributed by atoms with Crippen molar-refractivity contribution in [3.8, 4) is 0 Å². The van der Waals surface area contributed by atoms with Crippen LogP contribution in [0.3, 0.4) is 0 Å². The minimum absolute atomic E-state index is 0.0553. The number of benzene rings is 2. The number of carbonyl (C=O) groups excluding carboxylic acids is 2. The van der Waals surface area contributed by atoms with E-state index in [1.807, 2.05) is 0 Å². The van der Waals surface area contributed by atoms with Crippen molar-refractivity contribution in [2.45, 2.75) is 50.6 Å². The number of hydrogen-bond acceptors (Lipinski definition) is 3. The number of morpholine rings is 1. The van der Waals surface area contributed by atoms with Crippen LogP contribution in [0.25, 0.3) is 0 Å². The predicted molar refractivity (Wildman–Crippen MR) is 138 cm³/mol. The third-order valence-corrected chi connectivity index (χ3v) is 7.42. The maximum absolute atomic E-state index is 13.9. The van der Waals surface area contributed by atoms with E-state index in [-0.39, 0.29) is 43.2 Å². The van der Waals surface area contributed by atoms with Crippen molar-refractivity contribution in [2.24, 2.45) is 0 Å². The summed E-state index contributed by atoms with van der Waals surface area (Å²) < 4.78 is 98.4. The summed E-state index contributed by atoms with van der Waals surface area (Å²) in [6, 6.07) is 3.77. The smallest absolute Gasteiger partial charge is 0.378 e. The monoisotopic (exact) mass is 604 g/mol. The molecule has 42 heavy (non-hydrogen) atoms. The summed E-state index contributed by atoms with van der Waals surface area (Å²) in [4.78, 5) is 29.1. The molecular weight excluding hydrogens is 573 g/mol. The van der Waals surface area contributed by atoms with Gasteiger partial charge in [0.1, 0.15) is 5.82 Å². The Hall–Kier alpha value is -3.55. The maximum atomic E-state index is 13.9. The molecule has 0 saturated carbocycles. The van der Waals surface area contributed by atoms with Crippen LogP contribution in [0.4, 0.5) is 40.3 Å². The van der Waals surface area contributed by atoms with Crippen LogP contribution in [0.5, 0.6) is 0 Å². The van der Waals surface area contributed by atoms with E-state index in [0.717, 1.165) is 0 Å². The van der Waals surface area contributed by atoms with E-state index in [4.69, 9.17) is 4.74 Å². The number of rotatable bonds is 5. The quantitative estimate of drug-likeness (QED) is 0.432. The van der Waals surface area contributed by atoms with E-state index in [9.17, 15) is 40.3 Å². The first-order chi connectivity index (χ1) is 19.7. The molecule has 2 atom stereocenters. The third kappa shape index (κ3) is 7.84. The lowest BCUT2D eigenvalue weighted by Crippen LogP contribution is -2.54. The summed E-state index contributed by atoms with van der Waals surface area (Å²) in [5, 5.41) is 5.59. The van der Waals surface area contributed by atoms with Crippen molar-refractivity contribution in [3.05, 3.63) is 70.0 Å². The SMILES string of the molecule is Cc1cc(F)ccc1[C@H]1C[C@@H](NC(=O)N2CCOCC2)CCN1C(=O)NCCc1cc(C(F)(F)F)cc(C(F)(F)F)c1. The van der Waals surface area contributed by atoms with Crippen LogP contribution in [0, 0.1) is 12.7 Å². The minimum atomic E-state index is -4.97. The van der Waals surface area contributed by atoms with Gasteiger partial charge in [0.05, 0.1) is 30.4 Å². The normalized spacial score (nSPS) is 19.9. The molecular formula is C28H31F7N4O3. The summed E-state index contributed by atoms with van der Waals surface area (Å²) >= 11 is 0. The van der Waals surface area contributed by atoms with E-state index in [1.54, 1.807) is 17.9 Å². The van der Waals surface area contributed by atoms with Crippen LogP contribution in [0.1, 0.15) is 46.7 Å². The molecule has 4 amide bonds. The van der Waals surface area contributed by atoms with Gasteiger partial charge in [-0.25, -0.2) is 14.0 Å². The molecule has 14 heteroatoms. The standard InChI is InChI=1S/C28H31F7N4O3/c1-17-12-21(29)2-3-23(17)24-16-22(37-26(41)38-8-10-42-11-9-38)5-7-39(24)25(40)36-6-4-18-13-19(27(30,31)32)15-20(14-18)28(33,34)35/h2-3,12-15,22,24H,4-11,16H2,1H3,(H,36,40)(H,37,41)/t22-,24+/m0/s1. The first-order valence-corrected chi connectivity index (χ1v) is 13.4. The summed E-state index contributed by atoms with van der Waals surface area (Å²) in [7, 11) is 0. The molecule has 2 fully saturated rings. The molecule has 0 radical (unpaired) electrons. The van der Waals surface area contributed by atoms with Crippen LogP contribution in [0.2, 0.25) is 0 Å². The number of carbonyl (C=O) groups is 2. The van der Waals surface area contributed by atoms with E-state index in [1.165, 1.54) is 17.0 Å². The van der Waals surface area contributed by atoms with Gasteiger partial charge in [-0.05, 0) is 73.2 Å². The van der Waals surface area contributed by atoms with E-state index < -0.39 is 41.4 Å². The fourth-order valence-corrected chi connectivity index (χ4v) is 5.26. The topological polar surface area (TPSA) is 73.9 Å². The Balaban J connectivity index is 1.46. The van der Waals surface area contributed by atoms with Crippen molar-refractivity contribution < 1.29 is 45.1 Å². The first-order valence-electron chi connectivity index (χ1n) is 13.4. The zero-order valence-corrected chi connectivity index (χ0v) is 22.7. The van der Waals surface area contributed by atoms with Gasteiger partial charge in [-0.3, -0.25) is 0 Å². The Labute approximate surface area is 238 Å². The van der Waals surface area contributed by atoms with Gasteiger partial charge in [0.15, 0.2) is 0 Å². The molecule has 2 heterocycles. The highest BCUT2D eigenvalue weighted by Crippen LogP contribution is 2.37. The van der Waals surface area contributed by atoms with Gasteiger partial charge < -0.3 is 25.2 Å². The molecule has 2 aliphatic heterocycles. The van der Waals surface area contributed by atoms with Gasteiger partial charge in [-0.15, -0.1) is 0 Å². The average molecular weight is 605 g/mol. The molecule has 2 aromatic carbocycles. The van der Waals surface area contributed by atoms with E-state index >= 15 is 0 Å². The fraction of sp³-hybridized carbons (Fsp3) is 0.500. The number of nitrogens with one attached hydrogen (secondary N) is 2. The average Bonchev–Trinajstić information content (AvgIpc) is 2.92. The highest BCUT2D eigenvalue weighted by atomic mass is 19.4. The zero-order chi connectivity index (χ0) is 30.7. The number of aryl methyl sites for hydroxylation is 1. The number of halogens is 7. The van der Waals surface area contributed by atoms with Crippen LogP contribution in [-0.4, -0.2) is 67.3 Å². The lowest BCUT2D eigenvalue weighted by Gasteiger charge is -2.41. The molecule has 0 aliphatic carbocycles. The van der Waals surface area contributed by atoms with Crippen LogP contribution >= 0.6 is 0 Å². The Morgan fingerprint density at radius 2 is 1.57 bits per heavy atom. The molecule has 7 nitrogen and oxygen atoms in total. The van der Waals surface area contributed by atoms with Gasteiger partial charge in [-0.1, -0.05) is 6.07 Å². The van der Waals surface area contributed by atoms with Crippen molar-refractivity contribution >= 4 is 12.1 Å². The molecule has 2 aliphatic rings. The summed E-state index contributed by atoms with van der Waals surface area (Å²) in [6.45, 7) is 3.43. The largest absolute Gasteiger partial charge is 0.416 e. The second kappa shape index (κ2) is 12.8. The second-order valence-electron chi connectivity index (χ2n) is 10.4. The van der Waals surface area contributed by atoms with Crippen LogP contribution in [0.15, 0.2) is 36.4 Å². The van der Waals surface area contributed by atoms with Gasteiger partial charge in [-0.2, -0.15) is 26.3 Å². The molecule has 230 valence electrons. The molecule has 2 N–H and O–H groups in total. The third-order valence-electron chi connectivity index (χ3n) is 7.42. The number of likely N-dealkylation sites (tertiary alicyclic amines) is 1. The van der Waals surface area contributed by atoms with Crippen molar-refractivity contribution in [1.82, 2.24) is 20.4 Å². The molecule has 0 spiro atoms. The Bertz CT molecular complexity index is 1250. The van der Waals surface area contributed by atoms with Crippen molar-refractivity contribution in [2.75, 3.05) is 39.4 Å². The van der Waals surface area contributed by atoms with Gasteiger partial charge >= 0.3 is 24.4 Å².